The van der Waals surface area contributed by atoms with E-state index in [-0.39, 0.29) is 30.3 Å². The van der Waals surface area contributed by atoms with Crippen LogP contribution in [0.1, 0.15) is 86.2 Å². The summed E-state index contributed by atoms with van der Waals surface area (Å²) in [6, 6.07) is 16.0. The first kappa shape index (κ1) is 36.1. The summed E-state index contributed by atoms with van der Waals surface area (Å²) in [6.45, 7) is 7.66. The molecule has 55 heavy (non-hydrogen) atoms. The van der Waals surface area contributed by atoms with E-state index in [1.807, 2.05) is 38.2 Å². The largest absolute Gasteiger partial charge is 0.382 e. The van der Waals surface area contributed by atoms with Crippen LogP contribution in [0, 0.1) is 17.2 Å². The molecule has 3 aliphatic rings. The number of piperidine rings is 1. The molecule has 5 aromatic rings. The number of nitriles is 1. The highest BCUT2D eigenvalue weighted by Gasteiger charge is 2.29. The summed E-state index contributed by atoms with van der Waals surface area (Å²) in [5.41, 5.74) is 6.07. The van der Waals surface area contributed by atoms with E-state index in [9.17, 15) is 19.6 Å². The Labute approximate surface area is 320 Å². The van der Waals surface area contributed by atoms with Gasteiger partial charge in [-0.3, -0.25) is 29.8 Å². The summed E-state index contributed by atoms with van der Waals surface area (Å²) in [6.07, 6.45) is 13.3. The number of benzene rings is 1. The molecule has 3 N–H and O–H groups in total. The molecule has 2 saturated heterocycles. The Bertz CT molecular complexity index is 2300. The maximum Gasteiger partial charge on any atom is 0.328 e. The third-order valence-electron chi connectivity index (χ3n) is 11.3. The molecule has 4 aromatic heterocycles. The van der Waals surface area contributed by atoms with E-state index in [4.69, 9.17) is 0 Å². The molecule has 4 amide bonds. The molecule has 8 rings (SSSR count). The van der Waals surface area contributed by atoms with Gasteiger partial charge in [-0.1, -0.05) is 12.1 Å². The van der Waals surface area contributed by atoms with Gasteiger partial charge >= 0.3 is 6.03 Å². The fraction of sp³-hybridized carbons (Fsp3) is 0.405. The Hall–Kier alpha value is -5.87. The predicted molar refractivity (Wildman–Crippen MR) is 211 cm³/mol. The van der Waals surface area contributed by atoms with Gasteiger partial charge in [-0.25, -0.2) is 9.31 Å². The van der Waals surface area contributed by atoms with Gasteiger partial charge in [0, 0.05) is 54.8 Å². The third-order valence-corrected chi connectivity index (χ3v) is 11.3. The standard InChI is InChI=1S/C42H46N10O3/c1-26(2)47-36-19-37(38-10-8-33-17-28(20-43)21-46-52(33)38)45-23-35(36)41(54)48-32-6-3-27(4-7-32)25-50-14-11-29(12-15-50)30-5-9-34-31(18-30)22-44-24-39(34)51-16-13-40(53)49-42(51)55/h5,8-10,17-19,21-24,26-27,29,32H,3-4,6-7,11-16,25H2,1-2H3,(H,45,47)(H,48,54)(H,49,53,55)/t27-,32-. The number of carbonyl (C=O) groups is 3. The molecule has 0 atom stereocenters. The van der Waals surface area contributed by atoms with Crippen LogP contribution >= 0.6 is 0 Å². The lowest BCUT2D eigenvalue weighted by Crippen LogP contribution is -2.49. The van der Waals surface area contributed by atoms with Crippen molar-refractivity contribution < 1.29 is 14.4 Å². The zero-order valence-corrected chi connectivity index (χ0v) is 31.3. The molecule has 0 unspecified atom stereocenters. The van der Waals surface area contributed by atoms with E-state index in [2.05, 4.69) is 60.2 Å². The Morgan fingerprint density at radius 2 is 1.78 bits per heavy atom. The quantitative estimate of drug-likeness (QED) is 0.159. The van der Waals surface area contributed by atoms with Gasteiger partial charge in [0.1, 0.15) is 6.07 Å². The van der Waals surface area contributed by atoms with Gasteiger partial charge in [-0.2, -0.15) is 10.4 Å². The summed E-state index contributed by atoms with van der Waals surface area (Å²) >= 11 is 0. The fourth-order valence-corrected chi connectivity index (χ4v) is 8.47. The lowest BCUT2D eigenvalue weighted by molar-refractivity contribution is -0.120. The van der Waals surface area contributed by atoms with Crippen LogP contribution in [0.25, 0.3) is 27.7 Å². The number of urea groups is 1. The minimum absolute atomic E-state index is 0.112. The molecule has 1 aliphatic carbocycles. The number of pyridine rings is 2. The Morgan fingerprint density at radius 1 is 0.964 bits per heavy atom. The molecule has 2 aliphatic heterocycles. The monoisotopic (exact) mass is 738 g/mol. The Morgan fingerprint density at radius 3 is 2.55 bits per heavy atom. The third kappa shape index (κ3) is 7.73. The number of aromatic nitrogens is 4. The fourth-order valence-electron chi connectivity index (χ4n) is 8.47. The smallest absolute Gasteiger partial charge is 0.328 e. The second-order valence-electron chi connectivity index (χ2n) is 15.5. The zero-order valence-electron chi connectivity index (χ0n) is 31.3. The number of amides is 4. The van der Waals surface area contributed by atoms with Crippen molar-refractivity contribution in [2.75, 3.05) is 36.4 Å². The van der Waals surface area contributed by atoms with E-state index in [1.165, 1.54) is 11.8 Å². The van der Waals surface area contributed by atoms with E-state index in [1.54, 1.807) is 27.9 Å². The van der Waals surface area contributed by atoms with E-state index >= 15 is 0 Å². The molecule has 13 heteroatoms. The van der Waals surface area contributed by atoms with Gasteiger partial charge in [0.05, 0.1) is 51.8 Å². The number of imide groups is 1. The maximum atomic E-state index is 13.6. The molecule has 6 heterocycles. The van der Waals surface area contributed by atoms with Crippen LogP contribution in [0.3, 0.4) is 0 Å². The van der Waals surface area contributed by atoms with Crippen molar-refractivity contribution in [3.8, 4) is 17.5 Å². The van der Waals surface area contributed by atoms with Gasteiger partial charge in [-0.05, 0) is 113 Å². The minimum Gasteiger partial charge on any atom is -0.382 e. The number of carbonyl (C=O) groups excluding carboxylic acids is 3. The van der Waals surface area contributed by atoms with Gasteiger partial charge in [0.25, 0.3) is 5.91 Å². The summed E-state index contributed by atoms with van der Waals surface area (Å²) in [5.74, 6) is 0.733. The lowest BCUT2D eigenvalue weighted by Gasteiger charge is -2.37. The van der Waals surface area contributed by atoms with Crippen molar-refractivity contribution in [2.24, 2.45) is 5.92 Å². The number of hydrogen-bond donors (Lipinski definition) is 3. The van der Waals surface area contributed by atoms with Crippen LogP contribution in [-0.4, -0.2) is 80.6 Å². The second kappa shape index (κ2) is 15.5. The number of nitrogens with zero attached hydrogens (tertiary/aromatic N) is 7. The summed E-state index contributed by atoms with van der Waals surface area (Å²) in [5, 5.41) is 24.8. The van der Waals surface area contributed by atoms with Gasteiger partial charge in [-0.15, -0.1) is 0 Å². The van der Waals surface area contributed by atoms with Crippen molar-refractivity contribution in [2.45, 2.75) is 76.8 Å². The number of hydrogen-bond acceptors (Lipinski definition) is 9. The number of anilines is 2. The molecule has 1 aromatic carbocycles. The van der Waals surface area contributed by atoms with Gasteiger partial charge in [0.15, 0.2) is 0 Å². The second-order valence-corrected chi connectivity index (χ2v) is 15.5. The molecule has 1 saturated carbocycles. The molecule has 3 fully saturated rings. The van der Waals surface area contributed by atoms with Crippen molar-refractivity contribution >= 4 is 45.5 Å². The zero-order chi connectivity index (χ0) is 38.1. The summed E-state index contributed by atoms with van der Waals surface area (Å²) < 4.78 is 1.76. The van der Waals surface area contributed by atoms with Crippen LogP contribution < -0.4 is 20.9 Å². The average molecular weight is 739 g/mol. The van der Waals surface area contributed by atoms with Crippen LogP contribution in [0.15, 0.2) is 67.3 Å². The lowest BCUT2D eigenvalue weighted by atomic mass is 9.84. The minimum atomic E-state index is -0.396. The average Bonchev–Trinajstić information content (AvgIpc) is 3.62. The highest BCUT2D eigenvalue weighted by atomic mass is 16.2. The molecular formula is C42H46N10O3. The van der Waals surface area contributed by atoms with Crippen LogP contribution in [-0.2, 0) is 4.79 Å². The highest BCUT2D eigenvalue weighted by molar-refractivity contribution is 6.09. The molecule has 0 bridgehead atoms. The first-order chi connectivity index (χ1) is 26.7. The summed E-state index contributed by atoms with van der Waals surface area (Å²) in [7, 11) is 0. The SMILES string of the molecule is CC(C)Nc1cc(-c2ccc3cc(C#N)cnn23)ncc1C(=O)N[C@H]1CC[C@H](CN2CCC(c3ccc4c(N5CCC(=O)NC5=O)cncc4c3)CC2)CC1. The van der Waals surface area contributed by atoms with Crippen LogP contribution in [0.2, 0.25) is 0 Å². The molecule has 13 nitrogen and oxygen atoms in total. The predicted octanol–water partition coefficient (Wildman–Crippen LogP) is 6.25. The molecule has 0 spiro atoms. The van der Waals surface area contributed by atoms with Crippen molar-refractivity contribution in [1.29, 1.82) is 5.26 Å². The van der Waals surface area contributed by atoms with Crippen molar-refractivity contribution in [1.82, 2.24) is 35.1 Å². The molecule has 282 valence electrons. The topological polar surface area (TPSA) is 161 Å². The Balaban J connectivity index is 0.838. The van der Waals surface area contributed by atoms with Gasteiger partial charge < -0.3 is 15.5 Å². The molecule has 0 radical (unpaired) electrons. The van der Waals surface area contributed by atoms with Crippen LogP contribution in [0.4, 0.5) is 16.2 Å². The Kier molecular flexibility index (Phi) is 10.2. The number of fused-ring (bicyclic) bond motifs is 2. The first-order valence-corrected chi connectivity index (χ1v) is 19.4. The van der Waals surface area contributed by atoms with Crippen LogP contribution in [0.5, 0.6) is 0 Å². The molecular weight excluding hydrogens is 693 g/mol. The number of likely N-dealkylation sites (tertiary alicyclic amines) is 1. The summed E-state index contributed by atoms with van der Waals surface area (Å²) in [4.78, 5) is 51.1. The first-order valence-electron chi connectivity index (χ1n) is 19.4. The van der Waals surface area contributed by atoms with Gasteiger partial charge in [0.2, 0.25) is 5.91 Å². The van der Waals surface area contributed by atoms with E-state index in [0.717, 1.165) is 91.5 Å². The number of rotatable bonds is 9. The van der Waals surface area contributed by atoms with Crippen molar-refractivity contribution in [3.63, 3.8) is 0 Å². The van der Waals surface area contributed by atoms with E-state index in [0.29, 0.717) is 35.2 Å². The van der Waals surface area contributed by atoms with E-state index < -0.39 is 6.03 Å². The normalized spacial score (nSPS) is 19.8. The maximum absolute atomic E-state index is 13.6. The highest BCUT2D eigenvalue weighted by Crippen LogP contribution is 2.35. The van der Waals surface area contributed by atoms with Crippen molar-refractivity contribution in [3.05, 3.63) is 83.9 Å². The number of nitrogens with one attached hydrogen (secondary N) is 3.